The summed E-state index contributed by atoms with van der Waals surface area (Å²) < 4.78 is 0. The fourth-order valence-corrected chi connectivity index (χ4v) is 3.18. The Bertz CT molecular complexity index is 706. The molecule has 0 fully saturated rings. The Morgan fingerprint density at radius 2 is 1.91 bits per heavy atom. The van der Waals surface area contributed by atoms with Crippen molar-refractivity contribution in [1.29, 1.82) is 0 Å². The number of nitrogens with zero attached hydrogens (tertiary/aromatic N) is 1. The predicted molar refractivity (Wildman–Crippen MR) is 90.3 cm³/mol. The van der Waals surface area contributed by atoms with E-state index in [9.17, 15) is 9.59 Å². The van der Waals surface area contributed by atoms with E-state index < -0.39 is 0 Å². The minimum atomic E-state index is -0.135. The molecule has 2 amide bonds. The molecule has 1 heterocycles. The third kappa shape index (κ3) is 3.95. The maximum atomic E-state index is 12.5. The molecular weight excluding hydrogens is 296 g/mol. The Kier molecular flexibility index (Phi) is 4.98. The highest BCUT2D eigenvalue weighted by atomic mass is 32.1. The van der Waals surface area contributed by atoms with E-state index in [-0.39, 0.29) is 11.8 Å². The molecule has 0 aliphatic rings. The van der Waals surface area contributed by atoms with Crippen LogP contribution in [-0.4, -0.2) is 23.8 Å². The van der Waals surface area contributed by atoms with Crippen molar-refractivity contribution >= 4 is 28.2 Å². The Balaban J connectivity index is 2.08. The van der Waals surface area contributed by atoms with Crippen LogP contribution in [0.4, 0.5) is 5.00 Å². The second-order valence-corrected chi connectivity index (χ2v) is 6.52. The van der Waals surface area contributed by atoms with Crippen LogP contribution in [0, 0.1) is 13.8 Å². The van der Waals surface area contributed by atoms with Gasteiger partial charge >= 0.3 is 0 Å². The van der Waals surface area contributed by atoms with Gasteiger partial charge in [-0.2, -0.15) is 0 Å². The number of anilines is 1. The molecule has 2 aromatic rings. The topological polar surface area (TPSA) is 49.4 Å². The summed E-state index contributed by atoms with van der Waals surface area (Å²) in [5.74, 6) is -0.175. The van der Waals surface area contributed by atoms with Gasteiger partial charge in [0.15, 0.2) is 0 Å². The summed E-state index contributed by atoms with van der Waals surface area (Å²) >= 11 is 1.29. The Morgan fingerprint density at radius 3 is 2.55 bits per heavy atom. The molecule has 0 unspecified atom stereocenters. The van der Waals surface area contributed by atoms with Crippen molar-refractivity contribution in [3.8, 4) is 0 Å². The standard InChI is InChI=1S/C17H20N2O2S/c1-11-5-6-14(12(2)9-11)10-19(4)17(21)15-7-8-16(22-15)18-13(3)20/h5-9H,10H2,1-4H3,(H,18,20). The van der Waals surface area contributed by atoms with E-state index in [0.29, 0.717) is 16.4 Å². The smallest absolute Gasteiger partial charge is 0.264 e. The van der Waals surface area contributed by atoms with E-state index in [1.54, 1.807) is 24.1 Å². The average Bonchev–Trinajstić information content (AvgIpc) is 2.88. The van der Waals surface area contributed by atoms with Gasteiger partial charge in [-0.15, -0.1) is 11.3 Å². The molecular formula is C17H20N2O2S. The van der Waals surface area contributed by atoms with Crippen LogP contribution >= 0.6 is 11.3 Å². The van der Waals surface area contributed by atoms with E-state index in [1.807, 2.05) is 0 Å². The number of nitrogens with one attached hydrogen (secondary N) is 1. The molecule has 116 valence electrons. The first kappa shape index (κ1) is 16.2. The van der Waals surface area contributed by atoms with Gasteiger partial charge in [0.05, 0.1) is 9.88 Å². The van der Waals surface area contributed by atoms with Crippen molar-refractivity contribution in [1.82, 2.24) is 4.90 Å². The van der Waals surface area contributed by atoms with Crippen molar-refractivity contribution in [2.75, 3.05) is 12.4 Å². The van der Waals surface area contributed by atoms with Crippen LogP contribution in [0.3, 0.4) is 0 Å². The van der Waals surface area contributed by atoms with Gasteiger partial charge in [0.25, 0.3) is 5.91 Å². The molecule has 0 atom stereocenters. The summed E-state index contributed by atoms with van der Waals surface area (Å²) in [5, 5.41) is 3.38. The van der Waals surface area contributed by atoms with Gasteiger partial charge in [0, 0.05) is 20.5 Å². The molecule has 1 N–H and O–H groups in total. The Labute approximate surface area is 134 Å². The van der Waals surface area contributed by atoms with Gasteiger partial charge < -0.3 is 10.2 Å². The molecule has 2 rings (SSSR count). The van der Waals surface area contributed by atoms with Crippen molar-refractivity contribution in [3.63, 3.8) is 0 Å². The first-order chi connectivity index (χ1) is 10.4. The van der Waals surface area contributed by atoms with Gasteiger partial charge in [-0.25, -0.2) is 0 Å². The second-order valence-electron chi connectivity index (χ2n) is 5.44. The van der Waals surface area contributed by atoms with Gasteiger partial charge in [-0.05, 0) is 37.1 Å². The zero-order valence-electron chi connectivity index (χ0n) is 13.3. The minimum absolute atomic E-state index is 0.0402. The van der Waals surface area contributed by atoms with Crippen LogP contribution in [-0.2, 0) is 11.3 Å². The van der Waals surface area contributed by atoms with Crippen LogP contribution in [0.2, 0.25) is 0 Å². The molecule has 0 aliphatic heterocycles. The number of hydrogen-bond donors (Lipinski definition) is 1. The van der Waals surface area contributed by atoms with Crippen molar-refractivity contribution in [2.24, 2.45) is 0 Å². The minimum Gasteiger partial charge on any atom is -0.337 e. The predicted octanol–water partition coefficient (Wildman–Crippen LogP) is 3.60. The largest absolute Gasteiger partial charge is 0.337 e. The zero-order valence-corrected chi connectivity index (χ0v) is 14.1. The summed E-state index contributed by atoms with van der Waals surface area (Å²) in [6.45, 7) is 6.13. The average molecular weight is 316 g/mol. The molecule has 0 spiro atoms. The molecule has 0 saturated carbocycles. The van der Waals surface area contributed by atoms with E-state index in [0.717, 1.165) is 5.56 Å². The number of amides is 2. The second kappa shape index (κ2) is 6.75. The molecule has 0 bridgehead atoms. The Hall–Kier alpha value is -2.14. The molecule has 5 heteroatoms. The monoisotopic (exact) mass is 316 g/mol. The number of carbonyl (C=O) groups excluding carboxylic acids is 2. The fraction of sp³-hybridized carbons (Fsp3) is 0.294. The molecule has 4 nitrogen and oxygen atoms in total. The van der Waals surface area contributed by atoms with Crippen LogP contribution in [0.25, 0.3) is 0 Å². The number of carbonyl (C=O) groups is 2. The van der Waals surface area contributed by atoms with Gasteiger partial charge in [0.1, 0.15) is 0 Å². The van der Waals surface area contributed by atoms with Crippen LogP contribution in [0.5, 0.6) is 0 Å². The summed E-state index contributed by atoms with van der Waals surface area (Å²) in [5.41, 5.74) is 3.54. The molecule has 1 aromatic carbocycles. The summed E-state index contributed by atoms with van der Waals surface area (Å²) in [7, 11) is 1.79. The van der Waals surface area contributed by atoms with E-state index in [2.05, 4.69) is 37.4 Å². The van der Waals surface area contributed by atoms with Gasteiger partial charge in [-0.1, -0.05) is 23.8 Å². The number of thiophene rings is 1. The molecule has 1 aromatic heterocycles. The van der Waals surface area contributed by atoms with Crippen LogP contribution in [0.1, 0.15) is 33.3 Å². The third-order valence-electron chi connectivity index (χ3n) is 3.37. The van der Waals surface area contributed by atoms with Crippen LogP contribution in [0.15, 0.2) is 30.3 Å². The van der Waals surface area contributed by atoms with E-state index in [1.165, 1.54) is 29.4 Å². The zero-order chi connectivity index (χ0) is 16.3. The lowest BCUT2D eigenvalue weighted by atomic mass is 10.1. The van der Waals surface area contributed by atoms with Crippen molar-refractivity contribution in [3.05, 3.63) is 51.9 Å². The lowest BCUT2D eigenvalue weighted by Gasteiger charge is -2.18. The highest BCUT2D eigenvalue weighted by molar-refractivity contribution is 7.18. The summed E-state index contributed by atoms with van der Waals surface area (Å²) in [4.78, 5) is 25.8. The van der Waals surface area contributed by atoms with Crippen molar-refractivity contribution in [2.45, 2.75) is 27.3 Å². The SMILES string of the molecule is CC(=O)Nc1ccc(C(=O)N(C)Cc2ccc(C)cc2C)s1. The normalized spacial score (nSPS) is 10.4. The highest BCUT2D eigenvalue weighted by Gasteiger charge is 2.15. The molecule has 0 radical (unpaired) electrons. The number of benzene rings is 1. The highest BCUT2D eigenvalue weighted by Crippen LogP contribution is 2.23. The molecule has 0 aliphatic carbocycles. The van der Waals surface area contributed by atoms with Gasteiger partial charge in [-0.3, -0.25) is 9.59 Å². The number of aryl methyl sites for hydroxylation is 2. The first-order valence-electron chi connectivity index (χ1n) is 7.06. The van der Waals surface area contributed by atoms with E-state index in [4.69, 9.17) is 0 Å². The number of rotatable bonds is 4. The van der Waals surface area contributed by atoms with E-state index >= 15 is 0 Å². The summed E-state index contributed by atoms with van der Waals surface area (Å²) in [6, 6.07) is 9.74. The summed E-state index contributed by atoms with van der Waals surface area (Å²) in [6.07, 6.45) is 0. The van der Waals surface area contributed by atoms with Crippen molar-refractivity contribution < 1.29 is 9.59 Å². The maximum Gasteiger partial charge on any atom is 0.264 e. The first-order valence-corrected chi connectivity index (χ1v) is 7.87. The van der Waals surface area contributed by atoms with Crippen LogP contribution < -0.4 is 5.32 Å². The molecule has 22 heavy (non-hydrogen) atoms. The lowest BCUT2D eigenvalue weighted by molar-refractivity contribution is -0.114. The quantitative estimate of drug-likeness (QED) is 0.937. The Morgan fingerprint density at radius 1 is 1.18 bits per heavy atom. The maximum absolute atomic E-state index is 12.5. The third-order valence-corrected chi connectivity index (χ3v) is 4.36. The molecule has 0 saturated heterocycles. The van der Waals surface area contributed by atoms with Gasteiger partial charge in [0.2, 0.25) is 5.91 Å². The number of hydrogen-bond acceptors (Lipinski definition) is 3. The lowest BCUT2D eigenvalue weighted by Crippen LogP contribution is -2.25. The fourth-order valence-electron chi connectivity index (χ4n) is 2.23.